The Balaban J connectivity index is 1.32. The number of carbonyl (C=O) groups is 3. The minimum atomic E-state index is -0.598. The van der Waals surface area contributed by atoms with Crippen molar-refractivity contribution in [2.24, 2.45) is 0 Å². The molecule has 14 heteroatoms. The molecule has 3 amide bonds. The zero-order valence-corrected chi connectivity index (χ0v) is 23.3. The van der Waals surface area contributed by atoms with Gasteiger partial charge in [0.15, 0.2) is 12.4 Å². The normalized spacial score (nSPS) is 14.2. The average Bonchev–Trinajstić information content (AvgIpc) is 3.54. The number of aromatic nitrogens is 4. The second-order valence-electron chi connectivity index (χ2n) is 8.84. The summed E-state index contributed by atoms with van der Waals surface area (Å²) < 4.78 is 13.6. The van der Waals surface area contributed by atoms with E-state index < -0.39 is 11.9 Å². The van der Waals surface area contributed by atoms with Crippen molar-refractivity contribution in [3.05, 3.63) is 58.1 Å². The van der Waals surface area contributed by atoms with Gasteiger partial charge < -0.3 is 24.6 Å². The number of nitrogens with one attached hydrogen (secondary N) is 1. The van der Waals surface area contributed by atoms with Gasteiger partial charge in [-0.1, -0.05) is 23.2 Å². The molecule has 3 heterocycles. The van der Waals surface area contributed by atoms with Crippen LogP contribution >= 0.6 is 23.2 Å². The lowest BCUT2D eigenvalue weighted by molar-refractivity contribution is -0.136. The zero-order valence-electron chi connectivity index (χ0n) is 21.8. The van der Waals surface area contributed by atoms with Gasteiger partial charge in [0, 0.05) is 43.6 Å². The van der Waals surface area contributed by atoms with Crippen LogP contribution in [-0.4, -0.2) is 80.1 Å². The van der Waals surface area contributed by atoms with E-state index >= 15 is 0 Å². The van der Waals surface area contributed by atoms with Crippen molar-refractivity contribution in [2.75, 3.05) is 38.1 Å². The number of amides is 3. The highest BCUT2D eigenvalue weighted by molar-refractivity contribution is 6.35. The van der Waals surface area contributed by atoms with Crippen LogP contribution in [0.2, 0.25) is 10.0 Å². The Morgan fingerprint density at radius 3 is 2.49 bits per heavy atom. The molecular formula is C25H29Cl2N7O5. The van der Waals surface area contributed by atoms with Crippen LogP contribution in [0.1, 0.15) is 36.1 Å². The maximum Gasteiger partial charge on any atom is 0.409 e. The third-order valence-corrected chi connectivity index (χ3v) is 6.69. The summed E-state index contributed by atoms with van der Waals surface area (Å²) in [6, 6.07) is 5.85. The molecule has 1 atom stereocenters. The molecule has 208 valence electrons. The van der Waals surface area contributed by atoms with Gasteiger partial charge in [-0.05, 0) is 45.0 Å². The van der Waals surface area contributed by atoms with Crippen molar-refractivity contribution < 1.29 is 23.9 Å². The van der Waals surface area contributed by atoms with Crippen molar-refractivity contribution in [2.45, 2.75) is 33.5 Å². The summed E-state index contributed by atoms with van der Waals surface area (Å²) in [6.45, 7) is 7.20. The highest BCUT2D eigenvalue weighted by Gasteiger charge is 2.29. The van der Waals surface area contributed by atoms with E-state index in [1.165, 1.54) is 9.36 Å². The van der Waals surface area contributed by atoms with E-state index in [1.54, 1.807) is 67.2 Å². The molecule has 0 saturated carbocycles. The van der Waals surface area contributed by atoms with Crippen LogP contribution in [0.25, 0.3) is 0 Å². The number of aryl methyl sites for hydroxylation is 1. The predicted molar refractivity (Wildman–Crippen MR) is 144 cm³/mol. The first-order chi connectivity index (χ1) is 18.7. The van der Waals surface area contributed by atoms with Gasteiger partial charge >= 0.3 is 6.09 Å². The van der Waals surface area contributed by atoms with Crippen LogP contribution in [0.5, 0.6) is 5.75 Å². The number of ether oxygens (including phenoxy) is 2. The van der Waals surface area contributed by atoms with Crippen molar-refractivity contribution >= 4 is 46.8 Å². The summed E-state index contributed by atoms with van der Waals surface area (Å²) in [6.07, 6.45) is 2.86. The molecule has 1 saturated heterocycles. The molecular weight excluding hydrogens is 549 g/mol. The van der Waals surface area contributed by atoms with Crippen molar-refractivity contribution in [3.8, 4) is 5.75 Å². The summed E-state index contributed by atoms with van der Waals surface area (Å²) in [7, 11) is 0. The molecule has 3 aromatic rings. The number of carbonyl (C=O) groups excluding carboxylic acids is 3. The van der Waals surface area contributed by atoms with Gasteiger partial charge in [-0.2, -0.15) is 10.2 Å². The molecule has 12 nitrogen and oxygen atoms in total. The smallest absolute Gasteiger partial charge is 0.409 e. The molecule has 1 unspecified atom stereocenters. The SMILES string of the molecule is CCOC(=O)N1CCN(C(=O)C(C)n2cc(NC(=O)c3ccn(COc4ccc(Cl)cc4Cl)n3)c(C)n2)CC1. The van der Waals surface area contributed by atoms with Crippen LogP contribution in [0.4, 0.5) is 10.5 Å². The molecule has 39 heavy (non-hydrogen) atoms. The van der Waals surface area contributed by atoms with Gasteiger partial charge in [-0.25, -0.2) is 9.48 Å². The van der Waals surface area contributed by atoms with Crippen LogP contribution < -0.4 is 10.1 Å². The van der Waals surface area contributed by atoms with Crippen LogP contribution in [0.3, 0.4) is 0 Å². The van der Waals surface area contributed by atoms with Gasteiger partial charge in [0.1, 0.15) is 11.8 Å². The van der Waals surface area contributed by atoms with E-state index in [2.05, 4.69) is 15.5 Å². The first-order valence-corrected chi connectivity index (χ1v) is 13.1. The molecule has 0 aliphatic carbocycles. The topological polar surface area (TPSA) is 124 Å². The Labute approximate surface area is 235 Å². The summed E-state index contributed by atoms with van der Waals surface area (Å²) in [4.78, 5) is 41.1. The quantitative estimate of drug-likeness (QED) is 0.431. The molecule has 1 aliphatic heterocycles. The molecule has 1 aliphatic rings. The largest absolute Gasteiger partial charge is 0.470 e. The third kappa shape index (κ3) is 6.82. The van der Waals surface area contributed by atoms with E-state index in [0.29, 0.717) is 60.0 Å². The monoisotopic (exact) mass is 577 g/mol. The van der Waals surface area contributed by atoms with E-state index in [1.807, 2.05) is 0 Å². The molecule has 1 N–H and O–H groups in total. The minimum Gasteiger partial charge on any atom is -0.470 e. The van der Waals surface area contributed by atoms with Crippen LogP contribution in [-0.2, 0) is 16.3 Å². The Hall–Kier alpha value is -3.77. The van der Waals surface area contributed by atoms with E-state index in [-0.39, 0.29) is 24.4 Å². The number of hydrogen-bond donors (Lipinski definition) is 1. The molecule has 1 fully saturated rings. The predicted octanol–water partition coefficient (Wildman–Crippen LogP) is 3.85. The molecule has 0 bridgehead atoms. The second-order valence-corrected chi connectivity index (χ2v) is 9.68. The fourth-order valence-corrected chi connectivity index (χ4v) is 4.44. The number of nitrogens with zero attached hydrogens (tertiary/aromatic N) is 6. The van der Waals surface area contributed by atoms with Gasteiger partial charge in [0.25, 0.3) is 5.91 Å². The number of benzene rings is 1. The maximum absolute atomic E-state index is 13.1. The minimum absolute atomic E-state index is 0.0409. The summed E-state index contributed by atoms with van der Waals surface area (Å²) in [5.74, 6) is -0.122. The van der Waals surface area contributed by atoms with Gasteiger partial charge in [-0.15, -0.1) is 0 Å². The second kappa shape index (κ2) is 12.4. The fourth-order valence-electron chi connectivity index (χ4n) is 3.97. The Morgan fingerprint density at radius 2 is 1.79 bits per heavy atom. The number of rotatable bonds is 8. The van der Waals surface area contributed by atoms with Gasteiger partial charge in [0.2, 0.25) is 5.91 Å². The van der Waals surface area contributed by atoms with E-state index in [0.717, 1.165) is 0 Å². The standard InChI is InChI=1S/C25H29Cl2N7O5/c1-4-38-25(37)32-11-9-31(10-12-32)24(36)17(3)34-14-21(16(2)29-34)28-23(35)20-7-8-33(30-20)15-39-22-6-5-18(26)13-19(22)27/h5-8,13-14,17H,4,9-12,15H2,1-3H3,(H,28,35). The Kier molecular flexibility index (Phi) is 8.97. The number of hydrogen-bond acceptors (Lipinski definition) is 7. The van der Waals surface area contributed by atoms with Crippen LogP contribution in [0.15, 0.2) is 36.7 Å². The maximum atomic E-state index is 13.1. The van der Waals surface area contributed by atoms with Crippen LogP contribution in [0, 0.1) is 6.92 Å². The van der Waals surface area contributed by atoms with Gasteiger partial charge in [0.05, 0.1) is 23.0 Å². The molecule has 1 aromatic carbocycles. The summed E-state index contributed by atoms with van der Waals surface area (Å²) >= 11 is 12.0. The van der Waals surface area contributed by atoms with Crippen molar-refractivity contribution in [1.29, 1.82) is 0 Å². The van der Waals surface area contributed by atoms with Crippen molar-refractivity contribution in [1.82, 2.24) is 29.4 Å². The molecule has 4 rings (SSSR count). The zero-order chi connectivity index (χ0) is 28.1. The molecule has 0 spiro atoms. The van der Waals surface area contributed by atoms with E-state index in [9.17, 15) is 14.4 Å². The lowest BCUT2D eigenvalue weighted by Gasteiger charge is -2.35. The highest BCUT2D eigenvalue weighted by atomic mass is 35.5. The first kappa shape index (κ1) is 28.2. The average molecular weight is 578 g/mol. The molecule has 2 aromatic heterocycles. The highest BCUT2D eigenvalue weighted by Crippen LogP contribution is 2.27. The summed E-state index contributed by atoms with van der Waals surface area (Å²) in [5.41, 5.74) is 1.19. The van der Waals surface area contributed by atoms with Crippen molar-refractivity contribution in [3.63, 3.8) is 0 Å². The van der Waals surface area contributed by atoms with E-state index in [4.69, 9.17) is 32.7 Å². The Bertz CT molecular complexity index is 1350. The summed E-state index contributed by atoms with van der Waals surface area (Å²) in [5, 5.41) is 12.3. The Morgan fingerprint density at radius 1 is 1.08 bits per heavy atom. The van der Waals surface area contributed by atoms with Gasteiger partial charge in [-0.3, -0.25) is 14.3 Å². The lowest BCUT2D eigenvalue weighted by Crippen LogP contribution is -2.52. The molecule has 0 radical (unpaired) electrons. The number of anilines is 1. The third-order valence-electron chi connectivity index (χ3n) is 6.16. The fraction of sp³-hybridized carbons (Fsp3) is 0.400. The first-order valence-electron chi connectivity index (χ1n) is 12.3. The number of piperazine rings is 1. The lowest BCUT2D eigenvalue weighted by atomic mass is 10.2. The number of halogens is 2.